The van der Waals surface area contributed by atoms with E-state index < -0.39 is 0 Å². The molecule has 1 atom stereocenters. The molecule has 5 nitrogen and oxygen atoms in total. The average molecular weight is 283 g/mol. The molecule has 21 heavy (non-hydrogen) atoms. The summed E-state index contributed by atoms with van der Waals surface area (Å²) in [6.07, 6.45) is 5.48. The van der Waals surface area contributed by atoms with E-state index in [0.717, 1.165) is 12.8 Å². The van der Waals surface area contributed by atoms with Gasteiger partial charge in [-0.1, -0.05) is 6.07 Å². The summed E-state index contributed by atoms with van der Waals surface area (Å²) in [5.41, 5.74) is 1.90. The summed E-state index contributed by atoms with van der Waals surface area (Å²) < 4.78 is 0. The summed E-state index contributed by atoms with van der Waals surface area (Å²) in [4.78, 5) is 34.5. The minimum atomic E-state index is -0.0511. The van der Waals surface area contributed by atoms with Crippen LogP contribution < -0.4 is 0 Å². The van der Waals surface area contributed by atoms with Crippen LogP contribution in [-0.4, -0.2) is 39.1 Å². The second-order valence-electron chi connectivity index (χ2n) is 5.43. The number of hydrogen-bond acceptors (Lipinski definition) is 4. The summed E-state index contributed by atoms with van der Waals surface area (Å²) in [7, 11) is 0. The van der Waals surface area contributed by atoms with E-state index in [9.17, 15) is 9.59 Å². The first-order valence-corrected chi connectivity index (χ1v) is 7.17. The topological polar surface area (TPSA) is 63.2 Å². The summed E-state index contributed by atoms with van der Waals surface area (Å²) in [5.74, 6) is 0.0715. The van der Waals surface area contributed by atoms with E-state index in [4.69, 9.17) is 0 Å². The molecule has 2 aromatic rings. The smallest absolute Gasteiger partial charge is 0.256 e. The van der Waals surface area contributed by atoms with Gasteiger partial charge in [0.05, 0.1) is 11.1 Å². The van der Waals surface area contributed by atoms with Crippen molar-refractivity contribution in [2.45, 2.75) is 32.2 Å². The second kappa shape index (κ2) is 5.60. The number of amides is 1. The van der Waals surface area contributed by atoms with Crippen molar-refractivity contribution in [3.05, 3.63) is 36.2 Å². The van der Waals surface area contributed by atoms with Crippen LogP contribution in [0, 0.1) is 0 Å². The van der Waals surface area contributed by atoms with Gasteiger partial charge >= 0.3 is 0 Å². The first kappa shape index (κ1) is 13.7. The minimum Gasteiger partial charge on any atom is -0.335 e. The SMILES string of the molecule is CC(=O)CC1CCCN1C(=O)c1cccc2nccnc12. The number of ketones is 1. The highest BCUT2D eigenvalue weighted by Gasteiger charge is 2.31. The molecule has 3 rings (SSSR count). The second-order valence-corrected chi connectivity index (χ2v) is 5.43. The van der Waals surface area contributed by atoms with Crippen molar-refractivity contribution in [3.8, 4) is 0 Å². The molecule has 1 aliphatic heterocycles. The van der Waals surface area contributed by atoms with Crippen molar-refractivity contribution >= 4 is 22.7 Å². The number of para-hydroxylation sites is 1. The van der Waals surface area contributed by atoms with Gasteiger partial charge in [0, 0.05) is 31.4 Å². The summed E-state index contributed by atoms with van der Waals surface area (Å²) >= 11 is 0. The molecule has 0 radical (unpaired) electrons. The average Bonchev–Trinajstić information content (AvgIpc) is 2.93. The van der Waals surface area contributed by atoms with Crippen LogP contribution in [0.3, 0.4) is 0 Å². The zero-order chi connectivity index (χ0) is 14.8. The number of fused-ring (bicyclic) bond motifs is 1. The highest BCUT2D eigenvalue weighted by atomic mass is 16.2. The van der Waals surface area contributed by atoms with E-state index in [-0.39, 0.29) is 17.7 Å². The van der Waals surface area contributed by atoms with Gasteiger partial charge in [0.2, 0.25) is 0 Å². The van der Waals surface area contributed by atoms with Crippen LogP contribution in [-0.2, 0) is 4.79 Å². The molecule has 0 aliphatic carbocycles. The summed E-state index contributed by atoms with van der Waals surface area (Å²) in [6, 6.07) is 5.46. The Morgan fingerprint density at radius 2 is 2.10 bits per heavy atom. The fraction of sp³-hybridized carbons (Fsp3) is 0.375. The molecular weight excluding hydrogens is 266 g/mol. The maximum absolute atomic E-state index is 12.8. The van der Waals surface area contributed by atoms with Gasteiger partial charge < -0.3 is 4.90 Å². The van der Waals surface area contributed by atoms with Crippen LogP contribution in [0.2, 0.25) is 0 Å². The van der Waals surface area contributed by atoms with E-state index in [1.807, 2.05) is 17.0 Å². The Kier molecular flexibility index (Phi) is 3.64. The number of hydrogen-bond donors (Lipinski definition) is 0. The third-order valence-electron chi connectivity index (χ3n) is 3.89. The molecule has 0 spiro atoms. The number of likely N-dealkylation sites (tertiary alicyclic amines) is 1. The normalized spacial score (nSPS) is 18.1. The van der Waals surface area contributed by atoms with Gasteiger partial charge in [0.25, 0.3) is 5.91 Å². The van der Waals surface area contributed by atoms with Crippen LogP contribution in [0.4, 0.5) is 0 Å². The molecule has 0 saturated carbocycles. The Hall–Kier alpha value is -2.30. The van der Waals surface area contributed by atoms with E-state index in [2.05, 4.69) is 9.97 Å². The Morgan fingerprint density at radius 1 is 1.29 bits per heavy atom. The molecule has 5 heteroatoms. The van der Waals surface area contributed by atoms with Crippen molar-refractivity contribution in [2.75, 3.05) is 6.54 Å². The van der Waals surface area contributed by atoms with Crippen molar-refractivity contribution in [2.24, 2.45) is 0 Å². The van der Waals surface area contributed by atoms with Crippen molar-refractivity contribution < 1.29 is 9.59 Å². The Bertz CT molecular complexity index is 693. The quantitative estimate of drug-likeness (QED) is 0.866. The molecule has 1 aromatic carbocycles. The van der Waals surface area contributed by atoms with Gasteiger partial charge in [-0.15, -0.1) is 0 Å². The van der Waals surface area contributed by atoms with Gasteiger partial charge in [0.1, 0.15) is 11.3 Å². The number of benzene rings is 1. The van der Waals surface area contributed by atoms with Crippen LogP contribution in [0.5, 0.6) is 0 Å². The molecular formula is C16H17N3O2. The fourth-order valence-electron chi connectivity index (χ4n) is 2.97. The lowest BCUT2D eigenvalue weighted by molar-refractivity contribution is -0.117. The third kappa shape index (κ3) is 2.63. The Morgan fingerprint density at radius 3 is 2.90 bits per heavy atom. The molecule has 1 amide bonds. The highest BCUT2D eigenvalue weighted by Crippen LogP contribution is 2.24. The predicted molar refractivity (Wildman–Crippen MR) is 78.9 cm³/mol. The fourth-order valence-corrected chi connectivity index (χ4v) is 2.97. The molecule has 2 heterocycles. The lowest BCUT2D eigenvalue weighted by Gasteiger charge is -2.24. The maximum Gasteiger partial charge on any atom is 0.256 e. The summed E-state index contributed by atoms with van der Waals surface area (Å²) in [6.45, 7) is 2.28. The van der Waals surface area contributed by atoms with Crippen LogP contribution >= 0.6 is 0 Å². The predicted octanol–water partition coefficient (Wildman–Crippen LogP) is 2.21. The third-order valence-corrected chi connectivity index (χ3v) is 3.89. The first-order valence-electron chi connectivity index (χ1n) is 7.17. The lowest BCUT2D eigenvalue weighted by atomic mass is 10.1. The standard InChI is InChI=1S/C16H17N3O2/c1-11(20)10-12-4-3-9-19(12)16(21)13-5-2-6-14-15(13)18-8-7-17-14/h2,5-8,12H,3-4,9-10H2,1H3. The highest BCUT2D eigenvalue weighted by molar-refractivity contribution is 6.04. The van der Waals surface area contributed by atoms with Crippen LogP contribution in [0.25, 0.3) is 11.0 Å². The zero-order valence-electron chi connectivity index (χ0n) is 12.0. The molecule has 0 N–H and O–H groups in total. The Balaban J connectivity index is 1.95. The van der Waals surface area contributed by atoms with E-state index in [1.165, 1.54) is 0 Å². The van der Waals surface area contributed by atoms with E-state index in [1.54, 1.807) is 25.4 Å². The molecule has 108 valence electrons. The molecule has 1 unspecified atom stereocenters. The van der Waals surface area contributed by atoms with Crippen LogP contribution in [0.1, 0.15) is 36.5 Å². The van der Waals surface area contributed by atoms with Crippen molar-refractivity contribution in [1.29, 1.82) is 0 Å². The molecule has 1 saturated heterocycles. The number of Topliss-reactive ketones (excluding diaryl/α,β-unsaturated/α-hetero) is 1. The number of aromatic nitrogens is 2. The zero-order valence-corrected chi connectivity index (χ0v) is 12.0. The van der Waals surface area contributed by atoms with Crippen LogP contribution in [0.15, 0.2) is 30.6 Å². The van der Waals surface area contributed by atoms with Gasteiger partial charge in [0.15, 0.2) is 0 Å². The van der Waals surface area contributed by atoms with Crippen molar-refractivity contribution in [1.82, 2.24) is 14.9 Å². The van der Waals surface area contributed by atoms with Gasteiger partial charge in [-0.3, -0.25) is 19.6 Å². The molecule has 1 aliphatic rings. The molecule has 1 fully saturated rings. The largest absolute Gasteiger partial charge is 0.335 e. The number of rotatable bonds is 3. The molecule has 0 bridgehead atoms. The van der Waals surface area contributed by atoms with E-state index in [0.29, 0.717) is 29.6 Å². The minimum absolute atomic E-state index is 0.0157. The van der Waals surface area contributed by atoms with E-state index >= 15 is 0 Å². The van der Waals surface area contributed by atoms with Crippen molar-refractivity contribution in [3.63, 3.8) is 0 Å². The van der Waals surface area contributed by atoms with Gasteiger partial charge in [-0.25, -0.2) is 0 Å². The van der Waals surface area contributed by atoms with Gasteiger partial charge in [-0.05, 0) is 31.9 Å². The monoisotopic (exact) mass is 283 g/mol. The Labute approximate surface area is 123 Å². The molecule has 1 aromatic heterocycles. The number of carbonyl (C=O) groups excluding carboxylic acids is 2. The maximum atomic E-state index is 12.8. The lowest BCUT2D eigenvalue weighted by Crippen LogP contribution is -2.36. The summed E-state index contributed by atoms with van der Waals surface area (Å²) in [5, 5.41) is 0. The van der Waals surface area contributed by atoms with Gasteiger partial charge in [-0.2, -0.15) is 0 Å². The number of nitrogens with zero attached hydrogens (tertiary/aromatic N) is 3. The number of carbonyl (C=O) groups is 2. The first-order chi connectivity index (χ1) is 10.2.